The first-order valence-corrected chi connectivity index (χ1v) is 6.30. The van der Waals surface area contributed by atoms with E-state index in [1.807, 2.05) is 0 Å². The fourth-order valence-corrected chi connectivity index (χ4v) is 2.71. The fraction of sp³-hybridized carbons (Fsp3) is 0.571. The molecule has 0 radical (unpaired) electrons. The molecule has 1 aromatic carbocycles. The van der Waals surface area contributed by atoms with Crippen LogP contribution in [0, 0.1) is 5.92 Å². The molecule has 2 unspecified atom stereocenters. The van der Waals surface area contributed by atoms with Crippen molar-refractivity contribution >= 4 is 0 Å². The summed E-state index contributed by atoms with van der Waals surface area (Å²) < 4.78 is 5.42. The van der Waals surface area contributed by atoms with E-state index in [1.165, 1.54) is 31.5 Å². The molecule has 2 saturated heterocycles. The smallest absolute Gasteiger partial charge is 0.0850 e. The molecule has 1 aromatic rings. The van der Waals surface area contributed by atoms with Gasteiger partial charge in [0, 0.05) is 19.0 Å². The molecule has 16 heavy (non-hydrogen) atoms. The van der Waals surface area contributed by atoms with E-state index in [0.717, 1.165) is 19.1 Å². The van der Waals surface area contributed by atoms with Crippen LogP contribution in [0.15, 0.2) is 30.3 Å². The minimum atomic E-state index is 0.582. The van der Waals surface area contributed by atoms with Gasteiger partial charge in [-0.25, -0.2) is 0 Å². The van der Waals surface area contributed by atoms with Gasteiger partial charge < -0.3 is 4.74 Å². The monoisotopic (exact) mass is 217 g/mol. The Morgan fingerprint density at radius 3 is 2.81 bits per heavy atom. The molecule has 0 aliphatic carbocycles. The number of epoxide rings is 1. The number of rotatable bonds is 3. The number of hydrogen-bond acceptors (Lipinski definition) is 2. The molecule has 2 aliphatic rings. The lowest BCUT2D eigenvalue weighted by atomic mass is 9.95. The van der Waals surface area contributed by atoms with Gasteiger partial charge in [0.15, 0.2) is 0 Å². The number of ether oxygens (including phenoxy) is 1. The molecule has 3 rings (SSSR count). The predicted molar refractivity (Wildman–Crippen MR) is 64.2 cm³/mol. The Labute approximate surface area is 97.2 Å². The Hall–Kier alpha value is -0.860. The molecule has 0 spiro atoms. The van der Waals surface area contributed by atoms with Crippen molar-refractivity contribution < 1.29 is 4.74 Å². The lowest BCUT2D eigenvalue weighted by Gasteiger charge is -2.32. The van der Waals surface area contributed by atoms with Crippen LogP contribution >= 0.6 is 0 Å². The first kappa shape index (κ1) is 10.3. The Balaban J connectivity index is 1.58. The van der Waals surface area contributed by atoms with Crippen LogP contribution in [-0.4, -0.2) is 30.7 Å². The molecular formula is C14H19NO. The van der Waals surface area contributed by atoms with Gasteiger partial charge in [0.2, 0.25) is 0 Å². The highest BCUT2D eigenvalue weighted by Crippen LogP contribution is 2.29. The van der Waals surface area contributed by atoms with E-state index in [2.05, 4.69) is 35.2 Å². The van der Waals surface area contributed by atoms with Crippen molar-refractivity contribution in [1.82, 2.24) is 4.90 Å². The summed E-state index contributed by atoms with van der Waals surface area (Å²) >= 11 is 0. The number of benzene rings is 1. The van der Waals surface area contributed by atoms with Gasteiger partial charge in [-0.05, 0) is 24.9 Å². The summed E-state index contributed by atoms with van der Waals surface area (Å²) in [7, 11) is 0. The molecule has 2 fully saturated rings. The zero-order chi connectivity index (χ0) is 10.8. The third-order valence-electron chi connectivity index (χ3n) is 3.68. The molecule has 86 valence electrons. The molecule has 0 N–H and O–H groups in total. The molecule has 2 atom stereocenters. The highest BCUT2D eigenvalue weighted by Gasteiger charge is 2.35. The third-order valence-corrected chi connectivity index (χ3v) is 3.68. The Kier molecular flexibility index (Phi) is 2.94. The van der Waals surface area contributed by atoms with E-state index in [9.17, 15) is 0 Å². The van der Waals surface area contributed by atoms with Gasteiger partial charge in [-0.2, -0.15) is 0 Å². The first-order valence-electron chi connectivity index (χ1n) is 6.30. The molecule has 2 heterocycles. The molecule has 2 nitrogen and oxygen atoms in total. The average Bonchev–Trinajstić information content (AvgIpc) is 3.15. The van der Waals surface area contributed by atoms with Crippen molar-refractivity contribution in [3.8, 4) is 0 Å². The Bertz CT molecular complexity index is 334. The molecule has 0 bridgehead atoms. The number of nitrogens with zero attached hydrogens (tertiary/aromatic N) is 1. The highest BCUT2D eigenvalue weighted by atomic mass is 16.6. The molecular weight excluding hydrogens is 198 g/mol. The van der Waals surface area contributed by atoms with E-state index in [1.54, 1.807) is 0 Å². The van der Waals surface area contributed by atoms with Crippen LogP contribution in [0.25, 0.3) is 0 Å². The van der Waals surface area contributed by atoms with Crippen molar-refractivity contribution in [2.75, 3.05) is 19.7 Å². The summed E-state index contributed by atoms with van der Waals surface area (Å²) in [5, 5.41) is 0. The van der Waals surface area contributed by atoms with Gasteiger partial charge in [0.05, 0.1) is 12.7 Å². The minimum absolute atomic E-state index is 0.582. The summed E-state index contributed by atoms with van der Waals surface area (Å²) in [5.74, 6) is 0.789. The van der Waals surface area contributed by atoms with Gasteiger partial charge in [-0.1, -0.05) is 30.3 Å². The molecule has 0 amide bonds. The quantitative estimate of drug-likeness (QED) is 0.722. The van der Waals surface area contributed by atoms with Crippen molar-refractivity contribution in [3.05, 3.63) is 35.9 Å². The van der Waals surface area contributed by atoms with Crippen LogP contribution in [0.2, 0.25) is 0 Å². The van der Waals surface area contributed by atoms with E-state index in [0.29, 0.717) is 6.10 Å². The zero-order valence-corrected chi connectivity index (χ0v) is 9.64. The largest absolute Gasteiger partial charge is 0.373 e. The second-order valence-electron chi connectivity index (χ2n) is 4.99. The molecule has 0 saturated carbocycles. The number of hydrogen-bond donors (Lipinski definition) is 0. The standard InChI is InChI=1S/C14H19NO/c1-2-5-12(6-3-1)9-15-8-4-7-13(10-15)14-11-16-14/h1-3,5-6,13-14H,4,7-11H2. The highest BCUT2D eigenvalue weighted by molar-refractivity contribution is 5.14. The van der Waals surface area contributed by atoms with Crippen LogP contribution in [0.1, 0.15) is 18.4 Å². The molecule has 2 heteroatoms. The van der Waals surface area contributed by atoms with Gasteiger partial charge in [-0.3, -0.25) is 4.90 Å². The second kappa shape index (κ2) is 4.56. The van der Waals surface area contributed by atoms with E-state index >= 15 is 0 Å². The normalized spacial score (nSPS) is 30.2. The number of likely N-dealkylation sites (tertiary alicyclic amines) is 1. The lowest BCUT2D eigenvalue weighted by Crippen LogP contribution is -2.36. The fourth-order valence-electron chi connectivity index (χ4n) is 2.71. The Morgan fingerprint density at radius 2 is 2.06 bits per heavy atom. The van der Waals surface area contributed by atoms with Crippen LogP contribution in [0.5, 0.6) is 0 Å². The van der Waals surface area contributed by atoms with Crippen molar-refractivity contribution in [2.24, 2.45) is 5.92 Å². The zero-order valence-electron chi connectivity index (χ0n) is 9.64. The maximum Gasteiger partial charge on any atom is 0.0850 e. The van der Waals surface area contributed by atoms with E-state index < -0.39 is 0 Å². The van der Waals surface area contributed by atoms with Crippen molar-refractivity contribution in [2.45, 2.75) is 25.5 Å². The van der Waals surface area contributed by atoms with Crippen molar-refractivity contribution in [3.63, 3.8) is 0 Å². The van der Waals surface area contributed by atoms with Crippen molar-refractivity contribution in [1.29, 1.82) is 0 Å². The van der Waals surface area contributed by atoms with Gasteiger partial charge in [-0.15, -0.1) is 0 Å². The number of piperidine rings is 1. The molecule has 2 aliphatic heterocycles. The van der Waals surface area contributed by atoms with Gasteiger partial charge in [0.1, 0.15) is 0 Å². The molecule has 0 aromatic heterocycles. The van der Waals surface area contributed by atoms with Crippen LogP contribution in [0.3, 0.4) is 0 Å². The maximum absolute atomic E-state index is 5.42. The summed E-state index contributed by atoms with van der Waals surface area (Å²) in [5.41, 5.74) is 1.43. The second-order valence-corrected chi connectivity index (χ2v) is 4.99. The van der Waals surface area contributed by atoms with Gasteiger partial charge in [0.25, 0.3) is 0 Å². The van der Waals surface area contributed by atoms with E-state index in [-0.39, 0.29) is 0 Å². The first-order chi connectivity index (χ1) is 7.92. The van der Waals surface area contributed by atoms with Crippen LogP contribution < -0.4 is 0 Å². The maximum atomic E-state index is 5.42. The summed E-state index contributed by atoms with van der Waals surface area (Å²) in [6, 6.07) is 10.8. The third kappa shape index (κ3) is 2.45. The van der Waals surface area contributed by atoms with Crippen LogP contribution in [-0.2, 0) is 11.3 Å². The SMILES string of the molecule is c1ccc(CN2CCCC(C3CO3)C2)cc1. The predicted octanol–water partition coefficient (Wildman–Crippen LogP) is 2.30. The average molecular weight is 217 g/mol. The lowest BCUT2D eigenvalue weighted by molar-refractivity contribution is 0.145. The summed E-state index contributed by atoms with van der Waals surface area (Å²) in [4.78, 5) is 2.57. The summed E-state index contributed by atoms with van der Waals surface area (Å²) in [6.07, 6.45) is 3.27. The Morgan fingerprint density at radius 1 is 1.25 bits per heavy atom. The van der Waals surface area contributed by atoms with Crippen LogP contribution in [0.4, 0.5) is 0 Å². The van der Waals surface area contributed by atoms with E-state index in [4.69, 9.17) is 4.74 Å². The topological polar surface area (TPSA) is 15.8 Å². The summed E-state index contributed by atoms with van der Waals surface area (Å²) in [6.45, 7) is 4.57. The minimum Gasteiger partial charge on any atom is -0.373 e. The van der Waals surface area contributed by atoms with Gasteiger partial charge >= 0.3 is 0 Å².